The number of nitrogens with two attached hydrogens (primary N) is 1. The molecular weight excluding hydrogens is 470 g/mol. The Labute approximate surface area is 180 Å². The van der Waals surface area contributed by atoms with Gasteiger partial charge in [0.2, 0.25) is 6.04 Å². The Morgan fingerprint density at radius 3 is 2.25 bits per heavy atom. The van der Waals surface area contributed by atoms with Gasteiger partial charge in [0.15, 0.2) is 5.71 Å². The molecule has 0 saturated heterocycles. The molecule has 0 aliphatic carbocycles. The van der Waals surface area contributed by atoms with Gasteiger partial charge in [-0.3, -0.25) is 13.9 Å². The smallest absolute Gasteiger partial charge is 0.355 e. The first-order chi connectivity index (χ1) is 14.8. The number of hydrogen-bond acceptors (Lipinski definition) is 10. The van der Waals surface area contributed by atoms with Crippen LogP contribution in [-0.4, -0.2) is 54.7 Å². The van der Waals surface area contributed by atoms with Crippen LogP contribution in [0.15, 0.2) is 67.6 Å². The van der Waals surface area contributed by atoms with Crippen LogP contribution in [0.2, 0.25) is 0 Å². The summed E-state index contributed by atoms with van der Waals surface area (Å²) in [5.41, 5.74) is 3.68. The van der Waals surface area contributed by atoms with Crippen molar-refractivity contribution >= 4 is 54.9 Å². The molecule has 5 N–H and O–H groups in total. The van der Waals surface area contributed by atoms with Gasteiger partial charge in [0.25, 0.3) is 26.1 Å². The van der Waals surface area contributed by atoms with Gasteiger partial charge in [-0.2, -0.15) is 37.2 Å². The lowest BCUT2D eigenvalue weighted by Crippen LogP contribution is -2.33. The molecule has 0 saturated carbocycles. The van der Waals surface area contributed by atoms with Gasteiger partial charge >= 0.3 is 5.97 Å². The largest absolute Gasteiger partial charge is 0.477 e. The van der Waals surface area contributed by atoms with Crippen LogP contribution >= 0.6 is 0 Å². The maximum Gasteiger partial charge on any atom is 0.355 e. The molecule has 16 heteroatoms. The molecule has 1 aliphatic rings. The second-order valence-corrected chi connectivity index (χ2v) is 8.98. The number of hydrazone groups is 1. The predicted molar refractivity (Wildman–Crippen MR) is 108 cm³/mol. The van der Waals surface area contributed by atoms with Crippen molar-refractivity contribution in [2.75, 3.05) is 10.7 Å². The minimum Gasteiger partial charge on any atom is -0.477 e. The van der Waals surface area contributed by atoms with E-state index in [1.165, 1.54) is 18.2 Å². The fourth-order valence-corrected chi connectivity index (χ4v) is 4.00. The summed E-state index contributed by atoms with van der Waals surface area (Å²) in [7, 11) is -9.59. The highest BCUT2D eigenvalue weighted by Gasteiger charge is 2.42. The lowest BCUT2D eigenvalue weighted by molar-refractivity contribution is -0.130. The van der Waals surface area contributed by atoms with E-state index < -0.39 is 65.0 Å². The number of rotatable bonds is 6. The zero-order valence-electron chi connectivity index (χ0n) is 15.6. The van der Waals surface area contributed by atoms with E-state index in [1.807, 2.05) is 0 Å². The summed E-state index contributed by atoms with van der Waals surface area (Å²) in [6.45, 7) is 0. The monoisotopic (exact) mass is 483 g/mol. The van der Waals surface area contributed by atoms with E-state index >= 15 is 0 Å². The quantitative estimate of drug-likeness (QED) is 0.255. The molecule has 1 heterocycles. The zero-order valence-corrected chi connectivity index (χ0v) is 17.2. The summed E-state index contributed by atoms with van der Waals surface area (Å²) in [5.74, 6) is -2.86. The molecule has 1 aliphatic heterocycles. The number of azo groups is 1. The lowest BCUT2D eigenvalue weighted by Gasteiger charge is -2.15. The molecule has 1 amide bonds. The Balaban J connectivity index is 2.08. The van der Waals surface area contributed by atoms with Crippen molar-refractivity contribution in [3.8, 4) is 0 Å². The number of aliphatic carboxylic acids is 1. The van der Waals surface area contributed by atoms with E-state index in [9.17, 15) is 40.6 Å². The van der Waals surface area contributed by atoms with Crippen molar-refractivity contribution in [2.45, 2.75) is 15.8 Å². The van der Waals surface area contributed by atoms with E-state index in [1.54, 1.807) is 0 Å². The van der Waals surface area contributed by atoms with E-state index in [4.69, 9.17) is 5.73 Å². The van der Waals surface area contributed by atoms with Crippen LogP contribution in [0.4, 0.5) is 17.1 Å². The minimum absolute atomic E-state index is 0.0754. The van der Waals surface area contributed by atoms with Crippen LogP contribution in [-0.2, 0) is 29.8 Å². The maximum absolute atomic E-state index is 12.8. The van der Waals surface area contributed by atoms with E-state index in [2.05, 4.69) is 15.3 Å². The average Bonchev–Trinajstić information content (AvgIpc) is 3.02. The molecule has 0 radical (unpaired) electrons. The number of nitrogen functional groups attached to an aromatic ring is 1. The number of hydrogen-bond donors (Lipinski definition) is 4. The highest BCUT2D eigenvalue weighted by atomic mass is 32.2. The van der Waals surface area contributed by atoms with Crippen molar-refractivity contribution < 1.29 is 40.6 Å². The SMILES string of the molecule is Nc1ccc(N2N=C(C(=O)O)[C@@H](N=Nc3ccccc3S(=O)(=O)O)C2=O)c(S(=O)(=O)O)c1. The first-order valence-corrected chi connectivity index (χ1v) is 11.2. The topological polar surface area (TPSA) is 229 Å². The molecule has 0 aromatic heterocycles. The fraction of sp³-hybridized carbons (Fsp3) is 0.0625. The highest BCUT2D eigenvalue weighted by molar-refractivity contribution is 7.86. The number of carboxylic acids is 1. The Morgan fingerprint density at radius 2 is 1.66 bits per heavy atom. The van der Waals surface area contributed by atoms with E-state index in [0.717, 1.165) is 24.3 Å². The number of nitrogens with zero attached hydrogens (tertiary/aromatic N) is 4. The number of anilines is 2. The zero-order chi connectivity index (χ0) is 23.8. The Bertz CT molecular complexity index is 1400. The molecule has 2 aromatic rings. The molecule has 1 atom stereocenters. The molecule has 3 rings (SSSR count). The molecule has 0 fully saturated rings. The number of benzene rings is 2. The number of carbonyl (C=O) groups excluding carboxylic acids is 1. The molecule has 14 nitrogen and oxygen atoms in total. The molecular formula is C16H13N5O9S2. The van der Waals surface area contributed by atoms with Gasteiger partial charge in [-0.05, 0) is 30.3 Å². The maximum atomic E-state index is 12.8. The van der Waals surface area contributed by atoms with Gasteiger partial charge in [0.1, 0.15) is 15.5 Å². The van der Waals surface area contributed by atoms with Gasteiger partial charge in [-0.1, -0.05) is 12.1 Å². The fourth-order valence-electron chi connectivity index (χ4n) is 2.67. The summed E-state index contributed by atoms with van der Waals surface area (Å²) in [5, 5.41) is 20.5. The Hall–Kier alpha value is -3.73. The molecule has 32 heavy (non-hydrogen) atoms. The standard InChI is InChI=1S/C16H13N5O9S2/c17-8-5-6-10(12(7-8)32(28,29)30)21-15(22)13(14(20-21)16(23)24)19-18-9-3-1-2-4-11(9)31(25,26)27/h1-7,13H,17H2,(H,23,24)(H,25,26,27)(H,28,29,30)/t13-/m1/s1. The summed E-state index contributed by atoms with van der Waals surface area (Å²) in [4.78, 5) is 22.9. The molecule has 0 unspecified atom stereocenters. The van der Waals surface area contributed by atoms with Crippen LogP contribution in [0, 0.1) is 0 Å². The normalized spacial score (nSPS) is 17.1. The summed E-state index contributed by atoms with van der Waals surface area (Å²) >= 11 is 0. The second-order valence-electron chi connectivity index (χ2n) is 6.20. The van der Waals surface area contributed by atoms with E-state index in [0.29, 0.717) is 5.01 Å². The highest BCUT2D eigenvalue weighted by Crippen LogP contribution is 2.32. The molecule has 0 bridgehead atoms. The third kappa shape index (κ3) is 4.47. The van der Waals surface area contributed by atoms with Crippen LogP contribution in [0.3, 0.4) is 0 Å². The first kappa shape index (κ1) is 22.9. The summed E-state index contributed by atoms with van der Waals surface area (Å²) in [6, 6.07) is 5.93. The average molecular weight is 483 g/mol. The van der Waals surface area contributed by atoms with E-state index in [-0.39, 0.29) is 5.69 Å². The van der Waals surface area contributed by atoms with Gasteiger partial charge in [0, 0.05) is 5.69 Å². The van der Waals surface area contributed by atoms with Crippen LogP contribution < -0.4 is 10.7 Å². The minimum atomic E-state index is -4.89. The van der Waals surface area contributed by atoms with Crippen molar-refractivity contribution in [3.05, 3.63) is 42.5 Å². The van der Waals surface area contributed by atoms with Crippen molar-refractivity contribution in [2.24, 2.45) is 15.3 Å². The van der Waals surface area contributed by atoms with Crippen LogP contribution in [0.1, 0.15) is 0 Å². The predicted octanol–water partition coefficient (Wildman–Crippen LogP) is 0.702. The van der Waals surface area contributed by atoms with Crippen molar-refractivity contribution in [1.29, 1.82) is 0 Å². The number of carboxylic acid groups (broad SMARTS) is 1. The summed E-state index contributed by atoms with van der Waals surface area (Å²) < 4.78 is 65.0. The third-order valence-corrected chi connectivity index (χ3v) is 5.83. The number of carbonyl (C=O) groups is 2. The Morgan fingerprint density at radius 1 is 1.03 bits per heavy atom. The first-order valence-electron chi connectivity index (χ1n) is 8.31. The van der Waals surface area contributed by atoms with Crippen molar-refractivity contribution in [3.63, 3.8) is 0 Å². The summed E-state index contributed by atoms with van der Waals surface area (Å²) in [6.07, 6.45) is 0. The second kappa shape index (κ2) is 8.08. The Kier molecular flexibility index (Phi) is 5.79. The molecule has 168 valence electrons. The van der Waals surface area contributed by atoms with Gasteiger partial charge in [0.05, 0.1) is 5.69 Å². The van der Waals surface area contributed by atoms with Crippen LogP contribution in [0.25, 0.3) is 0 Å². The van der Waals surface area contributed by atoms with Gasteiger partial charge < -0.3 is 10.8 Å². The number of amides is 1. The molecule has 2 aromatic carbocycles. The van der Waals surface area contributed by atoms with Crippen molar-refractivity contribution in [1.82, 2.24) is 0 Å². The molecule has 0 spiro atoms. The van der Waals surface area contributed by atoms with Gasteiger partial charge in [-0.15, -0.1) is 0 Å². The van der Waals surface area contributed by atoms with Crippen LogP contribution in [0.5, 0.6) is 0 Å². The van der Waals surface area contributed by atoms with Gasteiger partial charge in [-0.25, -0.2) is 4.79 Å². The lowest BCUT2D eigenvalue weighted by atomic mass is 10.2. The third-order valence-electron chi connectivity index (χ3n) is 4.04.